The van der Waals surface area contributed by atoms with Crippen molar-refractivity contribution < 1.29 is 9.53 Å². The molecule has 1 aromatic heterocycles. The van der Waals surface area contributed by atoms with Gasteiger partial charge in [-0.25, -0.2) is 14.8 Å². The average molecular weight is 251 g/mol. The molecule has 0 spiro atoms. The first kappa shape index (κ1) is 14.4. The summed E-state index contributed by atoms with van der Waals surface area (Å²) in [5.74, 6) is 0.125. The van der Waals surface area contributed by atoms with E-state index in [1.807, 2.05) is 0 Å². The second-order valence-corrected chi connectivity index (χ2v) is 4.32. The molecule has 1 heterocycles. The van der Waals surface area contributed by atoms with Crippen molar-refractivity contribution in [2.24, 2.45) is 0 Å². The number of rotatable bonds is 7. The third-order valence-electron chi connectivity index (χ3n) is 2.74. The van der Waals surface area contributed by atoms with Crippen LogP contribution in [0, 0.1) is 0 Å². The number of aromatic nitrogens is 2. The van der Waals surface area contributed by atoms with E-state index in [-0.39, 0.29) is 6.04 Å². The number of hydrogen-bond donors (Lipinski definition) is 1. The summed E-state index contributed by atoms with van der Waals surface area (Å²) in [6.07, 6.45) is 7.54. The molecule has 18 heavy (non-hydrogen) atoms. The Morgan fingerprint density at radius 1 is 1.50 bits per heavy atom. The van der Waals surface area contributed by atoms with Crippen molar-refractivity contribution in [3.63, 3.8) is 0 Å². The molecule has 0 aliphatic heterocycles. The van der Waals surface area contributed by atoms with Crippen LogP contribution >= 0.6 is 0 Å². The number of unbranched alkanes of at least 4 members (excludes halogenated alkanes) is 2. The van der Waals surface area contributed by atoms with Crippen LogP contribution in [0.2, 0.25) is 0 Å². The van der Waals surface area contributed by atoms with Crippen molar-refractivity contribution in [2.75, 3.05) is 12.4 Å². The molecule has 1 atom stereocenters. The molecule has 5 nitrogen and oxygen atoms in total. The van der Waals surface area contributed by atoms with Gasteiger partial charge in [-0.05, 0) is 13.3 Å². The molecular weight excluding hydrogens is 230 g/mol. The van der Waals surface area contributed by atoms with E-state index in [9.17, 15) is 4.79 Å². The van der Waals surface area contributed by atoms with Crippen LogP contribution in [-0.2, 0) is 4.74 Å². The highest BCUT2D eigenvalue weighted by Crippen LogP contribution is 2.14. The standard InChI is InChI=1S/C13H21N3O2/c1-4-5-6-7-10(2)16-12-11(13(17)18-3)8-14-9-15-12/h8-10H,4-7H2,1-3H3,(H,14,15,16). The van der Waals surface area contributed by atoms with Gasteiger partial charge in [-0.2, -0.15) is 0 Å². The highest BCUT2D eigenvalue weighted by atomic mass is 16.5. The van der Waals surface area contributed by atoms with Crippen LogP contribution in [0.25, 0.3) is 0 Å². The molecule has 0 bridgehead atoms. The van der Waals surface area contributed by atoms with Gasteiger partial charge in [0.1, 0.15) is 17.7 Å². The molecule has 5 heteroatoms. The summed E-state index contributed by atoms with van der Waals surface area (Å²) in [5, 5.41) is 3.23. The Bertz CT molecular complexity index is 382. The van der Waals surface area contributed by atoms with Crippen molar-refractivity contribution in [3.8, 4) is 0 Å². The number of carbonyl (C=O) groups excluding carboxylic acids is 1. The maximum Gasteiger partial charge on any atom is 0.343 e. The van der Waals surface area contributed by atoms with E-state index < -0.39 is 5.97 Å². The molecule has 0 saturated heterocycles. The lowest BCUT2D eigenvalue weighted by Gasteiger charge is -2.15. The average Bonchev–Trinajstić information content (AvgIpc) is 2.39. The van der Waals surface area contributed by atoms with Gasteiger partial charge in [0.15, 0.2) is 0 Å². The first-order valence-electron chi connectivity index (χ1n) is 6.33. The Morgan fingerprint density at radius 3 is 2.94 bits per heavy atom. The number of esters is 1. The zero-order valence-electron chi connectivity index (χ0n) is 11.3. The Kier molecular flexibility index (Phi) is 6.11. The number of methoxy groups -OCH3 is 1. The molecule has 0 aromatic carbocycles. The molecule has 0 amide bonds. The molecule has 100 valence electrons. The van der Waals surface area contributed by atoms with E-state index in [0.717, 1.165) is 6.42 Å². The van der Waals surface area contributed by atoms with Crippen molar-refractivity contribution >= 4 is 11.8 Å². The molecule has 0 saturated carbocycles. The molecule has 1 N–H and O–H groups in total. The zero-order chi connectivity index (χ0) is 13.4. The van der Waals surface area contributed by atoms with Gasteiger partial charge < -0.3 is 10.1 Å². The first-order chi connectivity index (χ1) is 8.69. The molecule has 0 fully saturated rings. The van der Waals surface area contributed by atoms with Gasteiger partial charge in [0.25, 0.3) is 0 Å². The van der Waals surface area contributed by atoms with Crippen LogP contribution in [0.15, 0.2) is 12.5 Å². The predicted molar refractivity (Wildman–Crippen MR) is 70.6 cm³/mol. The maximum absolute atomic E-state index is 11.5. The lowest BCUT2D eigenvalue weighted by atomic mass is 10.1. The van der Waals surface area contributed by atoms with E-state index in [2.05, 4.69) is 29.1 Å². The number of nitrogens with one attached hydrogen (secondary N) is 1. The minimum absolute atomic E-state index is 0.273. The number of anilines is 1. The molecule has 1 aromatic rings. The van der Waals surface area contributed by atoms with Crippen molar-refractivity contribution in [2.45, 2.75) is 45.6 Å². The predicted octanol–water partition coefficient (Wildman–Crippen LogP) is 2.64. The van der Waals surface area contributed by atoms with Crippen LogP contribution in [-0.4, -0.2) is 29.1 Å². The number of nitrogens with zero attached hydrogens (tertiary/aromatic N) is 2. The summed E-state index contributed by atoms with van der Waals surface area (Å²) in [7, 11) is 1.35. The molecule has 0 aliphatic carbocycles. The summed E-state index contributed by atoms with van der Waals surface area (Å²) in [5.41, 5.74) is 0.377. The molecular formula is C13H21N3O2. The molecule has 1 unspecified atom stereocenters. The quantitative estimate of drug-likeness (QED) is 0.596. The van der Waals surface area contributed by atoms with E-state index >= 15 is 0 Å². The second kappa shape index (κ2) is 7.63. The topological polar surface area (TPSA) is 64.1 Å². The third kappa shape index (κ3) is 4.31. The SMILES string of the molecule is CCCCCC(C)Nc1ncncc1C(=O)OC. The smallest absolute Gasteiger partial charge is 0.343 e. The third-order valence-corrected chi connectivity index (χ3v) is 2.74. The van der Waals surface area contributed by atoms with E-state index in [1.165, 1.54) is 38.9 Å². The second-order valence-electron chi connectivity index (χ2n) is 4.32. The van der Waals surface area contributed by atoms with Crippen molar-refractivity contribution in [1.82, 2.24) is 9.97 Å². The number of hydrogen-bond acceptors (Lipinski definition) is 5. The van der Waals surface area contributed by atoms with Crippen LogP contribution in [0.3, 0.4) is 0 Å². The van der Waals surface area contributed by atoms with Crippen LogP contribution in [0.1, 0.15) is 49.9 Å². The Labute approximate surface area is 108 Å². The maximum atomic E-state index is 11.5. The fourth-order valence-electron chi connectivity index (χ4n) is 1.71. The van der Waals surface area contributed by atoms with Crippen molar-refractivity contribution in [1.29, 1.82) is 0 Å². The molecule has 0 aliphatic rings. The van der Waals surface area contributed by atoms with Gasteiger partial charge in [0.2, 0.25) is 0 Å². The van der Waals surface area contributed by atoms with Gasteiger partial charge in [-0.1, -0.05) is 26.2 Å². The van der Waals surface area contributed by atoms with E-state index in [1.54, 1.807) is 0 Å². The number of carbonyl (C=O) groups is 1. The summed E-state index contributed by atoms with van der Waals surface area (Å²) < 4.78 is 4.70. The highest BCUT2D eigenvalue weighted by Gasteiger charge is 2.14. The summed E-state index contributed by atoms with van der Waals surface area (Å²) in [6, 6.07) is 0.273. The van der Waals surface area contributed by atoms with Gasteiger partial charge >= 0.3 is 5.97 Å². The Morgan fingerprint density at radius 2 is 2.28 bits per heavy atom. The zero-order valence-corrected chi connectivity index (χ0v) is 11.3. The minimum Gasteiger partial charge on any atom is -0.465 e. The van der Waals surface area contributed by atoms with Gasteiger partial charge in [0.05, 0.1) is 7.11 Å². The number of ether oxygens (including phenoxy) is 1. The highest BCUT2D eigenvalue weighted by molar-refractivity contribution is 5.94. The van der Waals surface area contributed by atoms with E-state index in [0.29, 0.717) is 11.4 Å². The van der Waals surface area contributed by atoms with Crippen LogP contribution < -0.4 is 5.32 Å². The van der Waals surface area contributed by atoms with Gasteiger partial charge in [-0.15, -0.1) is 0 Å². The summed E-state index contributed by atoms with van der Waals surface area (Å²) in [6.45, 7) is 4.26. The fraction of sp³-hybridized carbons (Fsp3) is 0.615. The van der Waals surface area contributed by atoms with Gasteiger partial charge in [0, 0.05) is 12.2 Å². The summed E-state index contributed by atoms with van der Waals surface area (Å²) >= 11 is 0. The van der Waals surface area contributed by atoms with Crippen molar-refractivity contribution in [3.05, 3.63) is 18.1 Å². The normalized spacial score (nSPS) is 11.9. The van der Waals surface area contributed by atoms with Crippen LogP contribution in [0.4, 0.5) is 5.82 Å². The fourth-order valence-corrected chi connectivity index (χ4v) is 1.71. The lowest BCUT2D eigenvalue weighted by Crippen LogP contribution is -2.19. The largest absolute Gasteiger partial charge is 0.465 e. The lowest BCUT2D eigenvalue weighted by molar-refractivity contribution is 0.0601. The van der Waals surface area contributed by atoms with E-state index in [4.69, 9.17) is 4.74 Å². The molecule has 0 radical (unpaired) electrons. The minimum atomic E-state index is -0.418. The van der Waals surface area contributed by atoms with Crippen LogP contribution in [0.5, 0.6) is 0 Å². The Hall–Kier alpha value is -1.65. The molecule has 1 rings (SSSR count). The Balaban J connectivity index is 2.63. The van der Waals surface area contributed by atoms with Gasteiger partial charge in [-0.3, -0.25) is 0 Å². The first-order valence-corrected chi connectivity index (χ1v) is 6.33. The monoisotopic (exact) mass is 251 g/mol. The summed E-state index contributed by atoms with van der Waals surface area (Å²) in [4.78, 5) is 19.5.